The number of piperidine rings is 1. The van der Waals surface area contributed by atoms with Crippen LogP contribution in [0.1, 0.15) is 28.2 Å². The summed E-state index contributed by atoms with van der Waals surface area (Å²) >= 11 is 0.990. The van der Waals surface area contributed by atoms with Gasteiger partial charge in [-0.25, -0.2) is 22.5 Å². The topological polar surface area (TPSA) is 63.1 Å². The minimum atomic E-state index is -2.83. The van der Waals surface area contributed by atoms with Gasteiger partial charge in [0, 0.05) is 24.9 Å². The van der Waals surface area contributed by atoms with Gasteiger partial charge in [-0.15, -0.1) is 11.3 Å². The van der Waals surface area contributed by atoms with Gasteiger partial charge in [0.1, 0.15) is 28.0 Å². The van der Waals surface area contributed by atoms with Crippen LogP contribution in [0.4, 0.5) is 29.1 Å². The van der Waals surface area contributed by atoms with E-state index in [9.17, 15) is 22.4 Å². The zero-order valence-corrected chi connectivity index (χ0v) is 17.6. The molecule has 4 rings (SSSR count). The highest BCUT2D eigenvalue weighted by Gasteiger charge is 2.37. The monoisotopic (exact) mass is 453 g/mol. The summed E-state index contributed by atoms with van der Waals surface area (Å²) in [6, 6.07) is 3.48. The third-order valence-electron chi connectivity index (χ3n) is 5.04. The average Bonchev–Trinajstić information content (AvgIpc) is 3.23. The van der Waals surface area contributed by atoms with E-state index in [1.54, 1.807) is 14.0 Å². The second-order valence-corrected chi connectivity index (χ2v) is 8.56. The van der Waals surface area contributed by atoms with E-state index in [1.165, 1.54) is 21.8 Å². The number of aromatic nitrogens is 3. The first-order valence-corrected chi connectivity index (χ1v) is 10.4. The summed E-state index contributed by atoms with van der Waals surface area (Å²) in [5.74, 6) is -4.63. The Kier molecular flexibility index (Phi) is 5.46. The number of hydrogen-bond donors (Lipinski definition) is 1. The number of benzene rings is 1. The van der Waals surface area contributed by atoms with E-state index in [2.05, 4.69) is 15.4 Å². The van der Waals surface area contributed by atoms with Gasteiger partial charge in [0.15, 0.2) is 5.82 Å². The molecule has 1 amide bonds. The largest absolute Gasteiger partial charge is 0.349 e. The highest BCUT2D eigenvalue weighted by Crippen LogP contribution is 2.35. The molecule has 0 spiro atoms. The molecule has 0 radical (unpaired) electrons. The van der Waals surface area contributed by atoms with Crippen molar-refractivity contribution in [1.29, 1.82) is 0 Å². The van der Waals surface area contributed by atoms with E-state index in [0.717, 1.165) is 23.5 Å². The van der Waals surface area contributed by atoms with Gasteiger partial charge in [-0.05, 0) is 25.5 Å². The van der Waals surface area contributed by atoms with Crippen molar-refractivity contribution >= 4 is 28.7 Å². The number of carbonyl (C=O) groups is 1. The fourth-order valence-corrected chi connectivity index (χ4v) is 4.60. The summed E-state index contributed by atoms with van der Waals surface area (Å²) in [4.78, 5) is 18.9. The number of alkyl halides is 2. The van der Waals surface area contributed by atoms with Crippen molar-refractivity contribution in [2.24, 2.45) is 7.05 Å². The lowest BCUT2D eigenvalue weighted by atomic mass is 10.1. The molecule has 31 heavy (non-hydrogen) atoms. The molecule has 1 aliphatic rings. The Labute approximate surface area is 179 Å². The molecular weight excluding hydrogens is 434 g/mol. The molecule has 2 aromatic heterocycles. The van der Waals surface area contributed by atoms with E-state index in [4.69, 9.17) is 0 Å². The summed E-state index contributed by atoms with van der Waals surface area (Å²) in [5, 5.41) is 6.78. The normalized spacial score (nSPS) is 15.9. The Hall–Kier alpha value is -2.95. The van der Waals surface area contributed by atoms with E-state index in [-0.39, 0.29) is 28.4 Å². The van der Waals surface area contributed by atoms with Crippen LogP contribution in [0, 0.1) is 18.6 Å². The van der Waals surface area contributed by atoms with E-state index in [0.29, 0.717) is 23.7 Å². The van der Waals surface area contributed by atoms with Crippen molar-refractivity contribution in [1.82, 2.24) is 14.8 Å². The first kappa shape index (κ1) is 21.3. The molecule has 3 heterocycles. The second kappa shape index (κ2) is 7.95. The number of amides is 1. The number of hydrogen-bond acceptors (Lipinski definition) is 5. The lowest BCUT2D eigenvalue weighted by molar-refractivity contribution is -0.0119. The molecule has 0 unspecified atom stereocenters. The molecule has 6 nitrogen and oxygen atoms in total. The van der Waals surface area contributed by atoms with Crippen LogP contribution in [0.5, 0.6) is 0 Å². The van der Waals surface area contributed by atoms with Crippen molar-refractivity contribution in [3.8, 4) is 10.6 Å². The predicted octanol–water partition coefficient (Wildman–Crippen LogP) is 4.62. The minimum Gasteiger partial charge on any atom is -0.349 e. The summed E-state index contributed by atoms with van der Waals surface area (Å²) in [6.45, 7) is 1.55. The Morgan fingerprint density at radius 2 is 1.97 bits per heavy atom. The molecule has 1 fully saturated rings. The van der Waals surface area contributed by atoms with Crippen LogP contribution in [0.25, 0.3) is 10.6 Å². The van der Waals surface area contributed by atoms with Crippen molar-refractivity contribution in [3.63, 3.8) is 0 Å². The van der Waals surface area contributed by atoms with Crippen LogP contribution in [-0.4, -0.2) is 39.7 Å². The fraction of sp³-hybridized carbons (Fsp3) is 0.350. The van der Waals surface area contributed by atoms with Crippen molar-refractivity contribution in [2.45, 2.75) is 25.7 Å². The van der Waals surface area contributed by atoms with Gasteiger partial charge in [-0.3, -0.25) is 9.48 Å². The van der Waals surface area contributed by atoms with Crippen LogP contribution >= 0.6 is 11.3 Å². The number of thiazole rings is 1. The maximum absolute atomic E-state index is 14.1. The van der Waals surface area contributed by atoms with Gasteiger partial charge < -0.3 is 10.2 Å². The maximum atomic E-state index is 14.1. The van der Waals surface area contributed by atoms with Crippen molar-refractivity contribution in [3.05, 3.63) is 46.6 Å². The van der Waals surface area contributed by atoms with E-state index >= 15 is 0 Å². The molecular formula is C20H19F4N5OS. The Morgan fingerprint density at radius 1 is 1.26 bits per heavy atom. The number of anilines is 2. The highest BCUT2D eigenvalue weighted by molar-refractivity contribution is 7.15. The first-order chi connectivity index (χ1) is 14.7. The molecule has 1 aromatic carbocycles. The first-order valence-electron chi connectivity index (χ1n) is 9.54. The van der Waals surface area contributed by atoms with Crippen LogP contribution in [0.3, 0.4) is 0 Å². The Balaban J connectivity index is 1.61. The fourth-order valence-electron chi connectivity index (χ4n) is 3.64. The van der Waals surface area contributed by atoms with Crippen molar-refractivity contribution < 1.29 is 22.4 Å². The third-order valence-corrected chi connectivity index (χ3v) is 6.02. The average molecular weight is 453 g/mol. The molecule has 164 valence electrons. The minimum absolute atomic E-state index is 0.00132. The zero-order valence-electron chi connectivity index (χ0n) is 16.8. The number of nitrogens with one attached hydrogen (secondary N) is 1. The summed E-state index contributed by atoms with van der Waals surface area (Å²) in [7, 11) is 1.60. The SMILES string of the molecule is Cc1sc(-c2c(F)cccc2F)nc1C(=O)Nc1cnn(C)c1N1CCCC(F)(F)C1. The van der Waals surface area contributed by atoms with Gasteiger partial charge in [0.05, 0.1) is 18.3 Å². The number of carbonyl (C=O) groups excluding carboxylic acids is 1. The molecule has 11 heteroatoms. The highest BCUT2D eigenvalue weighted by atomic mass is 32.1. The van der Waals surface area contributed by atoms with Gasteiger partial charge in [-0.2, -0.15) is 5.10 Å². The van der Waals surface area contributed by atoms with Gasteiger partial charge in [0.25, 0.3) is 11.8 Å². The number of nitrogens with zero attached hydrogens (tertiary/aromatic N) is 4. The zero-order chi connectivity index (χ0) is 22.3. The summed E-state index contributed by atoms with van der Waals surface area (Å²) in [5.41, 5.74) is -0.0371. The van der Waals surface area contributed by atoms with E-state index in [1.807, 2.05) is 0 Å². The summed E-state index contributed by atoms with van der Waals surface area (Å²) in [6.07, 6.45) is 1.50. The Bertz CT molecular complexity index is 1120. The van der Waals surface area contributed by atoms with Crippen LogP contribution in [0.2, 0.25) is 0 Å². The van der Waals surface area contributed by atoms with Gasteiger partial charge in [-0.1, -0.05) is 6.07 Å². The quantitative estimate of drug-likeness (QED) is 0.586. The lowest BCUT2D eigenvalue weighted by Gasteiger charge is -2.34. The molecule has 0 atom stereocenters. The Morgan fingerprint density at radius 3 is 2.65 bits per heavy atom. The lowest BCUT2D eigenvalue weighted by Crippen LogP contribution is -2.43. The van der Waals surface area contributed by atoms with Crippen LogP contribution < -0.4 is 10.2 Å². The smallest absolute Gasteiger partial charge is 0.275 e. The number of rotatable bonds is 4. The number of halogens is 4. The molecule has 0 saturated carbocycles. The molecule has 0 bridgehead atoms. The van der Waals surface area contributed by atoms with Gasteiger partial charge >= 0.3 is 0 Å². The van der Waals surface area contributed by atoms with Crippen LogP contribution in [-0.2, 0) is 7.05 Å². The maximum Gasteiger partial charge on any atom is 0.275 e. The second-order valence-electron chi connectivity index (χ2n) is 7.36. The van der Waals surface area contributed by atoms with E-state index < -0.39 is 30.0 Å². The van der Waals surface area contributed by atoms with Crippen LogP contribution in [0.15, 0.2) is 24.4 Å². The standard InChI is InChI=1S/C20H19F4N5OS/c1-11-16(27-18(31-11)15-12(21)5-3-6-13(15)22)17(30)26-14-9-25-28(2)19(14)29-8-4-7-20(23,24)10-29/h3,5-6,9H,4,7-8,10H2,1-2H3,(H,26,30). The van der Waals surface area contributed by atoms with Crippen molar-refractivity contribution in [2.75, 3.05) is 23.3 Å². The summed E-state index contributed by atoms with van der Waals surface area (Å²) < 4.78 is 57.4. The predicted molar refractivity (Wildman–Crippen MR) is 110 cm³/mol. The molecule has 1 saturated heterocycles. The van der Waals surface area contributed by atoms with Gasteiger partial charge in [0.2, 0.25) is 0 Å². The molecule has 3 aromatic rings. The molecule has 1 N–H and O–H groups in total. The number of aryl methyl sites for hydroxylation is 2. The molecule has 0 aliphatic carbocycles. The molecule has 1 aliphatic heterocycles. The third kappa shape index (κ3) is 4.14.